The van der Waals surface area contributed by atoms with Crippen LogP contribution >= 0.6 is 0 Å². The second kappa shape index (κ2) is 6.43. The molecule has 1 N–H and O–H groups in total. The molecule has 1 atom stereocenters. The molecule has 4 nitrogen and oxygen atoms in total. The molecule has 1 aromatic rings. The highest BCUT2D eigenvalue weighted by Crippen LogP contribution is 2.15. The highest BCUT2D eigenvalue weighted by Gasteiger charge is 2.29. The van der Waals surface area contributed by atoms with Gasteiger partial charge in [-0.2, -0.15) is 0 Å². The van der Waals surface area contributed by atoms with Crippen molar-refractivity contribution in [1.82, 2.24) is 10.2 Å². The van der Waals surface area contributed by atoms with E-state index < -0.39 is 5.60 Å². The molecule has 116 valence electrons. The molecule has 1 saturated heterocycles. The van der Waals surface area contributed by atoms with E-state index in [2.05, 4.69) is 5.32 Å². The Balaban J connectivity index is 1.77. The van der Waals surface area contributed by atoms with Gasteiger partial charge >= 0.3 is 6.09 Å². The van der Waals surface area contributed by atoms with E-state index in [0.29, 0.717) is 19.6 Å². The van der Waals surface area contributed by atoms with Crippen molar-refractivity contribution in [3.8, 4) is 0 Å². The van der Waals surface area contributed by atoms with Crippen molar-refractivity contribution in [2.75, 3.05) is 13.1 Å². The third-order valence-electron chi connectivity index (χ3n) is 3.35. The molecule has 1 unspecified atom stereocenters. The van der Waals surface area contributed by atoms with Crippen molar-refractivity contribution in [2.24, 2.45) is 0 Å². The van der Waals surface area contributed by atoms with Crippen LogP contribution in [0, 0.1) is 5.82 Å². The van der Waals surface area contributed by atoms with E-state index in [-0.39, 0.29) is 18.0 Å². The zero-order valence-corrected chi connectivity index (χ0v) is 12.9. The molecule has 5 heteroatoms. The lowest BCUT2D eigenvalue weighted by atomic mass is 10.2. The van der Waals surface area contributed by atoms with Gasteiger partial charge in [0.05, 0.1) is 0 Å². The summed E-state index contributed by atoms with van der Waals surface area (Å²) in [4.78, 5) is 13.7. The molecule has 1 aromatic carbocycles. The molecule has 0 bridgehead atoms. The minimum absolute atomic E-state index is 0.226. The van der Waals surface area contributed by atoms with E-state index in [1.54, 1.807) is 17.0 Å². The molecular weight excluding hydrogens is 271 g/mol. The summed E-state index contributed by atoms with van der Waals surface area (Å²) in [6.45, 7) is 7.63. The van der Waals surface area contributed by atoms with Gasteiger partial charge in [0, 0.05) is 25.7 Å². The van der Waals surface area contributed by atoms with Crippen LogP contribution in [0.3, 0.4) is 0 Å². The maximum atomic E-state index is 12.8. The molecule has 0 aliphatic carbocycles. The molecule has 0 aromatic heterocycles. The molecular formula is C16H23FN2O2. The van der Waals surface area contributed by atoms with Crippen LogP contribution in [0.25, 0.3) is 0 Å². The summed E-state index contributed by atoms with van der Waals surface area (Å²) in [5.74, 6) is -0.226. The standard InChI is InChI=1S/C16H23FN2O2/c1-16(2,3)21-15(20)19-9-8-14(11-19)18-10-12-4-6-13(17)7-5-12/h4-7,14,18H,8-11H2,1-3H3. The van der Waals surface area contributed by atoms with Crippen LogP contribution in [-0.2, 0) is 11.3 Å². The van der Waals surface area contributed by atoms with E-state index in [0.717, 1.165) is 12.0 Å². The Morgan fingerprint density at radius 2 is 2.05 bits per heavy atom. The van der Waals surface area contributed by atoms with Gasteiger partial charge in [-0.3, -0.25) is 0 Å². The Kier molecular flexibility index (Phi) is 4.83. The average Bonchev–Trinajstić information content (AvgIpc) is 2.85. The van der Waals surface area contributed by atoms with E-state index in [4.69, 9.17) is 4.74 Å². The topological polar surface area (TPSA) is 41.6 Å². The number of benzene rings is 1. The summed E-state index contributed by atoms with van der Waals surface area (Å²) in [6.07, 6.45) is 0.647. The van der Waals surface area contributed by atoms with E-state index in [1.807, 2.05) is 20.8 Å². The number of ether oxygens (including phenoxy) is 1. The number of nitrogens with one attached hydrogen (secondary N) is 1. The van der Waals surface area contributed by atoms with Crippen LogP contribution < -0.4 is 5.32 Å². The first-order chi connectivity index (χ1) is 9.83. The minimum atomic E-state index is -0.462. The lowest BCUT2D eigenvalue weighted by Crippen LogP contribution is -2.38. The summed E-state index contributed by atoms with van der Waals surface area (Å²) >= 11 is 0. The molecule has 1 heterocycles. The molecule has 0 spiro atoms. The number of halogens is 1. The second-order valence-corrected chi connectivity index (χ2v) is 6.42. The summed E-state index contributed by atoms with van der Waals surface area (Å²) in [5, 5.41) is 3.39. The Bertz CT molecular complexity index is 482. The predicted octanol–water partition coefficient (Wildman–Crippen LogP) is 2.92. The average molecular weight is 294 g/mol. The van der Waals surface area contributed by atoms with Gasteiger partial charge in [-0.15, -0.1) is 0 Å². The molecule has 21 heavy (non-hydrogen) atoms. The summed E-state index contributed by atoms with van der Waals surface area (Å²) in [6, 6.07) is 6.70. The molecule has 1 amide bonds. The van der Waals surface area contributed by atoms with E-state index >= 15 is 0 Å². The number of carbonyl (C=O) groups is 1. The van der Waals surface area contributed by atoms with Gasteiger partial charge in [-0.05, 0) is 44.9 Å². The molecule has 0 saturated carbocycles. The second-order valence-electron chi connectivity index (χ2n) is 6.42. The van der Waals surface area contributed by atoms with E-state index in [1.165, 1.54) is 12.1 Å². The molecule has 1 fully saturated rings. The van der Waals surface area contributed by atoms with Crippen molar-refractivity contribution in [3.63, 3.8) is 0 Å². The number of nitrogens with zero attached hydrogens (tertiary/aromatic N) is 1. The number of rotatable bonds is 3. The minimum Gasteiger partial charge on any atom is -0.444 e. The number of carbonyl (C=O) groups excluding carboxylic acids is 1. The van der Waals surface area contributed by atoms with Crippen molar-refractivity contribution >= 4 is 6.09 Å². The predicted molar refractivity (Wildman–Crippen MR) is 79.5 cm³/mol. The Hall–Kier alpha value is -1.62. The maximum Gasteiger partial charge on any atom is 0.410 e. The zero-order chi connectivity index (χ0) is 15.5. The van der Waals surface area contributed by atoms with Crippen LogP contribution in [0.1, 0.15) is 32.8 Å². The highest BCUT2D eigenvalue weighted by atomic mass is 19.1. The van der Waals surface area contributed by atoms with Crippen molar-refractivity contribution in [2.45, 2.75) is 45.4 Å². The van der Waals surface area contributed by atoms with Crippen LogP contribution in [0.15, 0.2) is 24.3 Å². The van der Waals surface area contributed by atoms with Gasteiger partial charge in [0.2, 0.25) is 0 Å². The number of hydrogen-bond acceptors (Lipinski definition) is 3. The maximum absolute atomic E-state index is 12.8. The van der Waals surface area contributed by atoms with Gasteiger partial charge in [0.1, 0.15) is 11.4 Å². The SMILES string of the molecule is CC(C)(C)OC(=O)N1CCC(NCc2ccc(F)cc2)C1. The summed E-state index contributed by atoms with van der Waals surface area (Å²) < 4.78 is 18.2. The monoisotopic (exact) mass is 294 g/mol. The molecule has 1 aliphatic heterocycles. The van der Waals surface area contributed by atoms with Crippen LogP contribution in [-0.4, -0.2) is 35.7 Å². The third-order valence-corrected chi connectivity index (χ3v) is 3.35. The van der Waals surface area contributed by atoms with Crippen molar-refractivity contribution in [1.29, 1.82) is 0 Å². The molecule has 2 rings (SSSR count). The number of likely N-dealkylation sites (tertiary alicyclic amines) is 1. The Labute approximate surface area is 125 Å². The largest absolute Gasteiger partial charge is 0.444 e. The molecule has 1 aliphatic rings. The zero-order valence-electron chi connectivity index (χ0n) is 12.9. The Morgan fingerprint density at radius 3 is 2.67 bits per heavy atom. The van der Waals surface area contributed by atoms with Crippen LogP contribution in [0.4, 0.5) is 9.18 Å². The quantitative estimate of drug-likeness (QED) is 0.932. The first-order valence-corrected chi connectivity index (χ1v) is 7.29. The van der Waals surface area contributed by atoms with Gasteiger partial charge < -0.3 is 15.0 Å². The lowest BCUT2D eigenvalue weighted by Gasteiger charge is -2.24. The fourth-order valence-electron chi connectivity index (χ4n) is 2.28. The van der Waals surface area contributed by atoms with Gasteiger partial charge in [0.15, 0.2) is 0 Å². The van der Waals surface area contributed by atoms with Gasteiger partial charge in [0.25, 0.3) is 0 Å². The Morgan fingerprint density at radius 1 is 1.38 bits per heavy atom. The first kappa shape index (κ1) is 15.8. The fourth-order valence-corrected chi connectivity index (χ4v) is 2.28. The lowest BCUT2D eigenvalue weighted by molar-refractivity contribution is 0.0291. The van der Waals surface area contributed by atoms with Crippen LogP contribution in [0.5, 0.6) is 0 Å². The number of amides is 1. The van der Waals surface area contributed by atoms with E-state index in [9.17, 15) is 9.18 Å². The first-order valence-electron chi connectivity index (χ1n) is 7.29. The highest BCUT2D eigenvalue weighted by molar-refractivity contribution is 5.68. The summed E-state index contributed by atoms with van der Waals surface area (Å²) in [5.41, 5.74) is 0.573. The van der Waals surface area contributed by atoms with Crippen molar-refractivity contribution < 1.29 is 13.9 Å². The summed E-state index contributed by atoms with van der Waals surface area (Å²) in [7, 11) is 0. The van der Waals surface area contributed by atoms with Crippen molar-refractivity contribution in [3.05, 3.63) is 35.6 Å². The number of hydrogen-bond donors (Lipinski definition) is 1. The smallest absolute Gasteiger partial charge is 0.410 e. The molecule has 0 radical (unpaired) electrons. The fraction of sp³-hybridized carbons (Fsp3) is 0.562. The normalized spacial score (nSPS) is 18.9. The third kappa shape index (κ3) is 5.01. The van der Waals surface area contributed by atoms with Crippen LogP contribution in [0.2, 0.25) is 0 Å². The van der Waals surface area contributed by atoms with Gasteiger partial charge in [-0.1, -0.05) is 12.1 Å². The van der Waals surface area contributed by atoms with Gasteiger partial charge in [-0.25, -0.2) is 9.18 Å².